The van der Waals surface area contributed by atoms with Gasteiger partial charge in [-0.1, -0.05) is 48.9 Å². The molecule has 4 N–H and O–H groups in total. The first kappa shape index (κ1) is 30.3. The van der Waals surface area contributed by atoms with Gasteiger partial charge in [0.1, 0.15) is 17.7 Å². The lowest BCUT2D eigenvalue weighted by atomic mass is 9.96. The largest absolute Gasteiger partial charge is 0.444 e. The second kappa shape index (κ2) is 13.1. The normalized spacial score (nSPS) is 12.7. The number of hydrogen-bond acceptors (Lipinski definition) is 5. The van der Waals surface area contributed by atoms with E-state index in [0.717, 1.165) is 16.7 Å². The van der Waals surface area contributed by atoms with Gasteiger partial charge in [0, 0.05) is 12.2 Å². The van der Waals surface area contributed by atoms with Crippen LogP contribution in [0.2, 0.25) is 0 Å². The van der Waals surface area contributed by atoms with Crippen molar-refractivity contribution in [3.05, 3.63) is 64.7 Å². The van der Waals surface area contributed by atoms with E-state index >= 15 is 0 Å². The zero-order chi connectivity index (χ0) is 28.6. The minimum atomic E-state index is -1.31. The van der Waals surface area contributed by atoms with Gasteiger partial charge in [0.25, 0.3) is 5.91 Å². The molecule has 0 aliphatic rings. The number of nitrogens with one attached hydrogen (secondary N) is 2. The summed E-state index contributed by atoms with van der Waals surface area (Å²) in [5, 5.41) is 5.45. The molecule has 0 aromatic heterocycles. The molecule has 2 aromatic rings. The van der Waals surface area contributed by atoms with Gasteiger partial charge >= 0.3 is 6.09 Å². The maximum atomic E-state index is 14.0. The Morgan fingerprint density at radius 2 is 1.66 bits per heavy atom. The Kier molecular flexibility index (Phi) is 10.4. The smallest absolute Gasteiger partial charge is 0.408 e. The second-order valence-corrected chi connectivity index (χ2v) is 10.5. The molecule has 0 bridgehead atoms. The van der Waals surface area contributed by atoms with Crippen LogP contribution in [0.25, 0.3) is 0 Å². The number of alkyl carbamates (subject to hydrolysis) is 1. The molecule has 4 amide bonds. The number of ether oxygens (including phenoxy) is 1. The molecule has 0 heterocycles. The number of aryl methyl sites for hydroxylation is 3. The fourth-order valence-electron chi connectivity index (χ4n) is 4.16. The molecule has 0 saturated heterocycles. The molecular formula is C29H40N4O5. The molecule has 0 saturated carbocycles. The monoisotopic (exact) mass is 524 g/mol. The van der Waals surface area contributed by atoms with Gasteiger partial charge in [-0.15, -0.1) is 0 Å². The van der Waals surface area contributed by atoms with Crippen LogP contribution in [0.1, 0.15) is 68.8 Å². The SMILES string of the molecule is CCCN(C(=O)C(CC(N)=O)NC(=O)OC(C)(C)C)C(C(=O)Nc1ccccc1C)c1ccc(C)cc1C. The first-order valence-corrected chi connectivity index (χ1v) is 12.8. The third-order valence-corrected chi connectivity index (χ3v) is 5.82. The highest BCUT2D eigenvalue weighted by Crippen LogP contribution is 2.29. The molecule has 2 atom stereocenters. The fourth-order valence-corrected chi connectivity index (χ4v) is 4.16. The number of hydrogen-bond donors (Lipinski definition) is 3. The summed E-state index contributed by atoms with van der Waals surface area (Å²) in [7, 11) is 0. The van der Waals surface area contributed by atoms with Crippen LogP contribution >= 0.6 is 0 Å². The summed E-state index contributed by atoms with van der Waals surface area (Å²) in [5.41, 5.74) is 8.58. The lowest BCUT2D eigenvalue weighted by molar-refractivity contribution is -0.141. The molecule has 0 fully saturated rings. The number of rotatable bonds is 10. The highest BCUT2D eigenvalue weighted by Gasteiger charge is 2.37. The van der Waals surface area contributed by atoms with Gasteiger partial charge in [0.15, 0.2) is 0 Å². The predicted octanol–water partition coefficient (Wildman–Crippen LogP) is 4.30. The third kappa shape index (κ3) is 8.61. The van der Waals surface area contributed by atoms with Crippen LogP contribution in [-0.4, -0.2) is 46.9 Å². The summed E-state index contributed by atoms with van der Waals surface area (Å²) < 4.78 is 5.30. The van der Waals surface area contributed by atoms with Gasteiger partial charge in [-0.25, -0.2) is 4.79 Å². The molecule has 206 valence electrons. The van der Waals surface area contributed by atoms with Gasteiger partial charge in [-0.2, -0.15) is 0 Å². The van der Waals surface area contributed by atoms with Crippen LogP contribution in [-0.2, 0) is 19.1 Å². The van der Waals surface area contributed by atoms with Crippen LogP contribution in [0.4, 0.5) is 10.5 Å². The van der Waals surface area contributed by atoms with E-state index in [1.807, 2.05) is 64.1 Å². The Hall–Kier alpha value is -3.88. The van der Waals surface area contributed by atoms with Crippen LogP contribution in [0, 0.1) is 20.8 Å². The summed E-state index contributed by atoms with van der Waals surface area (Å²) in [5.74, 6) is -1.80. The Balaban J connectivity index is 2.56. The Bertz CT molecular complexity index is 1170. The van der Waals surface area contributed by atoms with E-state index in [-0.39, 0.29) is 6.54 Å². The number of para-hydroxylation sites is 1. The number of carbonyl (C=O) groups is 4. The molecule has 2 unspecified atom stereocenters. The number of benzene rings is 2. The maximum absolute atomic E-state index is 14.0. The molecule has 38 heavy (non-hydrogen) atoms. The lowest BCUT2D eigenvalue weighted by Gasteiger charge is -2.35. The number of amides is 4. The van der Waals surface area contributed by atoms with Crippen molar-refractivity contribution in [3.63, 3.8) is 0 Å². The van der Waals surface area contributed by atoms with Crippen LogP contribution in [0.5, 0.6) is 0 Å². The number of nitrogens with zero attached hydrogens (tertiary/aromatic N) is 1. The van der Waals surface area contributed by atoms with E-state index in [0.29, 0.717) is 17.7 Å². The average molecular weight is 525 g/mol. The zero-order valence-electron chi connectivity index (χ0n) is 23.4. The fraction of sp³-hybridized carbons (Fsp3) is 0.448. The van der Waals surface area contributed by atoms with Crippen molar-refractivity contribution in [2.45, 2.75) is 79.0 Å². The number of anilines is 1. The Morgan fingerprint density at radius 3 is 2.21 bits per heavy atom. The first-order valence-electron chi connectivity index (χ1n) is 12.8. The molecule has 9 heteroatoms. The topological polar surface area (TPSA) is 131 Å². The van der Waals surface area contributed by atoms with Crippen molar-refractivity contribution in [1.82, 2.24) is 10.2 Å². The molecule has 0 spiro atoms. The van der Waals surface area contributed by atoms with E-state index in [9.17, 15) is 19.2 Å². The summed E-state index contributed by atoms with van der Waals surface area (Å²) in [4.78, 5) is 53.7. The van der Waals surface area contributed by atoms with E-state index in [1.54, 1.807) is 26.8 Å². The molecule has 2 rings (SSSR count). The molecular weight excluding hydrogens is 484 g/mol. The zero-order valence-corrected chi connectivity index (χ0v) is 23.4. The van der Waals surface area contributed by atoms with Crippen molar-refractivity contribution >= 4 is 29.5 Å². The van der Waals surface area contributed by atoms with E-state index in [1.165, 1.54) is 4.90 Å². The highest BCUT2D eigenvalue weighted by atomic mass is 16.6. The van der Waals surface area contributed by atoms with E-state index in [2.05, 4.69) is 10.6 Å². The van der Waals surface area contributed by atoms with Crippen molar-refractivity contribution in [1.29, 1.82) is 0 Å². The quantitative estimate of drug-likeness (QED) is 0.427. The van der Waals surface area contributed by atoms with Crippen LogP contribution in [0.3, 0.4) is 0 Å². The lowest BCUT2D eigenvalue weighted by Crippen LogP contribution is -2.53. The van der Waals surface area contributed by atoms with Crippen molar-refractivity contribution in [2.24, 2.45) is 5.73 Å². The summed E-state index contributed by atoms with van der Waals surface area (Å²) in [6.07, 6.45) is -0.779. The maximum Gasteiger partial charge on any atom is 0.408 e. The minimum Gasteiger partial charge on any atom is -0.444 e. The third-order valence-electron chi connectivity index (χ3n) is 5.82. The number of carbonyl (C=O) groups excluding carboxylic acids is 4. The molecule has 0 radical (unpaired) electrons. The Labute approximate surface area is 225 Å². The number of nitrogens with two attached hydrogens (primary N) is 1. The predicted molar refractivity (Wildman–Crippen MR) is 147 cm³/mol. The molecule has 2 aromatic carbocycles. The molecule has 9 nitrogen and oxygen atoms in total. The van der Waals surface area contributed by atoms with Gasteiger partial charge in [-0.3, -0.25) is 14.4 Å². The Morgan fingerprint density at radius 1 is 1.00 bits per heavy atom. The standard InChI is InChI=1S/C29H40N4O5/c1-8-15-33(27(36)23(17-24(30)34)32-28(37)38-29(5,6)7)25(21-14-13-18(2)16-20(21)4)26(35)31-22-12-10-9-11-19(22)3/h9-14,16,23,25H,8,15,17H2,1-7H3,(H2,30,34)(H,31,35)(H,32,37). The minimum absolute atomic E-state index is 0.198. The number of primary amides is 1. The summed E-state index contributed by atoms with van der Waals surface area (Å²) in [6, 6.07) is 10.7. The van der Waals surface area contributed by atoms with Gasteiger partial charge < -0.3 is 26.0 Å². The second-order valence-electron chi connectivity index (χ2n) is 10.5. The highest BCUT2D eigenvalue weighted by molar-refractivity contribution is 6.00. The van der Waals surface area contributed by atoms with Crippen LogP contribution in [0.15, 0.2) is 42.5 Å². The van der Waals surface area contributed by atoms with Crippen LogP contribution < -0.4 is 16.4 Å². The van der Waals surface area contributed by atoms with Gasteiger partial charge in [0.2, 0.25) is 11.8 Å². The van der Waals surface area contributed by atoms with Crippen molar-refractivity contribution in [2.75, 3.05) is 11.9 Å². The van der Waals surface area contributed by atoms with E-state index < -0.39 is 47.9 Å². The summed E-state index contributed by atoms with van der Waals surface area (Å²) >= 11 is 0. The average Bonchev–Trinajstić information content (AvgIpc) is 2.79. The van der Waals surface area contributed by atoms with Gasteiger partial charge in [0.05, 0.1) is 6.42 Å². The van der Waals surface area contributed by atoms with Crippen molar-refractivity contribution in [3.8, 4) is 0 Å². The summed E-state index contributed by atoms with van der Waals surface area (Å²) in [6.45, 7) is 12.8. The van der Waals surface area contributed by atoms with Gasteiger partial charge in [-0.05, 0) is 70.7 Å². The first-order chi connectivity index (χ1) is 17.7. The van der Waals surface area contributed by atoms with Crippen molar-refractivity contribution < 1.29 is 23.9 Å². The molecule has 0 aliphatic heterocycles. The molecule has 0 aliphatic carbocycles. The van der Waals surface area contributed by atoms with E-state index in [4.69, 9.17) is 10.5 Å².